The normalized spacial score (nSPS) is 21.2. The number of carbonyl (C=O) groups excluding carboxylic acids is 1. The van der Waals surface area contributed by atoms with Crippen LogP contribution >= 0.6 is 0 Å². The number of carbonyl (C=O) groups is 1. The van der Waals surface area contributed by atoms with Gasteiger partial charge in [-0.2, -0.15) is 0 Å². The van der Waals surface area contributed by atoms with E-state index < -0.39 is 0 Å². The van der Waals surface area contributed by atoms with Crippen LogP contribution in [0.15, 0.2) is 5.16 Å². The number of hydrogen-bond acceptors (Lipinski definition) is 3. The fourth-order valence-corrected chi connectivity index (χ4v) is 1.65. The summed E-state index contributed by atoms with van der Waals surface area (Å²) >= 11 is 0. The van der Waals surface area contributed by atoms with Gasteiger partial charge in [0, 0.05) is 12.8 Å². The van der Waals surface area contributed by atoms with Crippen LogP contribution in [0.25, 0.3) is 0 Å². The quantitative estimate of drug-likeness (QED) is 0.463. The predicted octanol–water partition coefficient (Wildman–Crippen LogP) is 2.52. The van der Waals surface area contributed by atoms with Crippen molar-refractivity contribution in [2.24, 2.45) is 5.16 Å². The van der Waals surface area contributed by atoms with Gasteiger partial charge < -0.3 is 5.21 Å². The lowest BCUT2D eigenvalue weighted by molar-refractivity contribution is -0.119. The van der Waals surface area contributed by atoms with E-state index in [1.165, 1.54) is 0 Å². The molecule has 1 rings (SSSR count). The van der Waals surface area contributed by atoms with Gasteiger partial charge in [-0.3, -0.25) is 4.79 Å². The van der Waals surface area contributed by atoms with Crippen molar-refractivity contribution >= 4 is 11.5 Å². The second kappa shape index (κ2) is 5.73. The molecule has 1 fully saturated rings. The molecule has 0 amide bonds. The van der Waals surface area contributed by atoms with Crippen LogP contribution in [-0.4, -0.2) is 16.7 Å². The molecule has 0 heterocycles. The summed E-state index contributed by atoms with van der Waals surface area (Å²) in [5.41, 5.74) is 0.898. The minimum absolute atomic E-state index is 0.393. The van der Waals surface area contributed by atoms with Gasteiger partial charge in [-0.15, -0.1) is 0 Å². The van der Waals surface area contributed by atoms with Gasteiger partial charge >= 0.3 is 0 Å². The summed E-state index contributed by atoms with van der Waals surface area (Å²) in [6.07, 6.45) is 6.96. The molecular formula is C10H17NO2. The molecule has 0 radical (unpaired) electrons. The summed E-state index contributed by atoms with van der Waals surface area (Å²) in [5.74, 6) is 0.393. The molecule has 13 heavy (non-hydrogen) atoms. The number of hydrogen-bond donors (Lipinski definition) is 1. The van der Waals surface area contributed by atoms with Gasteiger partial charge in [-0.1, -0.05) is 5.16 Å². The Labute approximate surface area is 78.8 Å². The van der Waals surface area contributed by atoms with Gasteiger partial charge in [-0.25, -0.2) is 0 Å². The summed E-state index contributed by atoms with van der Waals surface area (Å²) in [6.45, 7) is 0. The zero-order valence-electron chi connectivity index (χ0n) is 7.96. The minimum Gasteiger partial charge on any atom is -0.411 e. The Kier molecular flexibility index (Phi) is 4.50. The van der Waals surface area contributed by atoms with Crippen molar-refractivity contribution in [2.45, 2.75) is 51.4 Å². The van der Waals surface area contributed by atoms with E-state index in [9.17, 15) is 4.79 Å². The van der Waals surface area contributed by atoms with Crippen LogP contribution in [0, 0.1) is 0 Å². The van der Waals surface area contributed by atoms with Crippen molar-refractivity contribution in [1.82, 2.24) is 0 Å². The lowest BCUT2D eigenvalue weighted by Gasteiger charge is -2.07. The molecule has 0 atom stereocenters. The Hall–Kier alpha value is -0.860. The summed E-state index contributed by atoms with van der Waals surface area (Å²) in [4.78, 5) is 11.2. The van der Waals surface area contributed by atoms with Crippen LogP contribution in [0.4, 0.5) is 0 Å². The summed E-state index contributed by atoms with van der Waals surface area (Å²) < 4.78 is 0. The first kappa shape index (κ1) is 10.2. The Bertz CT molecular complexity index is 183. The monoisotopic (exact) mass is 183 g/mol. The van der Waals surface area contributed by atoms with E-state index in [1.54, 1.807) is 0 Å². The minimum atomic E-state index is 0.393. The molecule has 0 aromatic carbocycles. The molecule has 3 heteroatoms. The van der Waals surface area contributed by atoms with Gasteiger partial charge in [0.1, 0.15) is 5.78 Å². The summed E-state index contributed by atoms with van der Waals surface area (Å²) in [7, 11) is 0. The average Bonchev–Trinajstić information content (AvgIpc) is 2.16. The lowest BCUT2D eigenvalue weighted by Crippen LogP contribution is -2.04. The molecule has 0 aromatic heterocycles. The Balaban J connectivity index is 2.36. The van der Waals surface area contributed by atoms with Crippen molar-refractivity contribution in [2.75, 3.05) is 0 Å². The molecule has 0 saturated heterocycles. The first-order valence-electron chi connectivity index (χ1n) is 5.04. The smallest absolute Gasteiger partial charge is 0.132 e. The van der Waals surface area contributed by atoms with E-state index in [-0.39, 0.29) is 0 Å². The SMILES string of the molecule is O=C1CCCCC(=NO)CCCC1. The first-order chi connectivity index (χ1) is 6.33. The fourth-order valence-electron chi connectivity index (χ4n) is 1.65. The Morgan fingerprint density at radius 3 is 1.85 bits per heavy atom. The fraction of sp³-hybridized carbons (Fsp3) is 0.800. The Morgan fingerprint density at radius 1 is 0.923 bits per heavy atom. The predicted molar refractivity (Wildman–Crippen MR) is 51.2 cm³/mol. The molecule has 0 aliphatic heterocycles. The maximum absolute atomic E-state index is 11.2. The van der Waals surface area contributed by atoms with Crippen molar-refractivity contribution in [3.05, 3.63) is 0 Å². The van der Waals surface area contributed by atoms with Crippen molar-refractivity contribution in [1.29, 1.82) is 0 Å². The third-order valence-corrected chi connectivity index (χ3v) is 2.48. The van der Waals surface area contributed by atoms with E-state index in [4.69, 9.17) is 5.21 Å². The molecule has 0 bridgehead atoms. The first-order valence-corrected chi connectivity index (χ1v) is 5.04. The average molecular weight is 183 g/mol. The largest absolute Gasteiger partial charge is 0.411 e. The highest BCUT2D eigenvalue weighted by Crippen LogP contribution is 2.13. The maximum Gasteiger partial charge on any atom is 0.132 e. The van der Waals surface area contributed by atoms with Crippen LogP contribution in [0.1, 0.15) is 51.4 Å². The molecule has 0 unspecified atom stereocenters. The van der Waals surface area contributed by atoms with E-state index in [0.29, 0.717) is 18.6 Å². The van der Waals surface area contributed by atoms with Gasteiger partial charge in [-0.05, 0) is 38.5 Å². The highest BCUT2D eigenvalue weighted by atomic mass is 16.4. The standard InChI is InChI=1S/C10H17NO2/c12-10-7-3-1-5-9(11-13)6-2-4-8-10/h13H,1-8H2. The van der Waals surface area contributed by atoms with Crippen LogP contribution in [0.3, 0.4) is 0 Å². The van der Waals surface area contributed by atoms with Crippen LogP contribution < -0.4 is 0 Å². The molecule has 3 nitrogen and oxygen atoms in total. The third kappa shape index (κ3) is 4.06. The number of rotatable bonds is 0. The molecule has 0 aromatic rings. The van der Waals surface area contributed by atoms with Crippen LogP contribution in [-0.2, 0) is 4.79 Å². The van der Waals surface area contributed by atoms with Crippen molar-refractivity contribution < 1.29 is 10.0 Å². The molecule has 1 aliphatic carbocycles. The van der Waals surface area contributed by atoms with Crippen LogP contribution in [0.2, 0.25) is 0 Å². The van der Waals surface area contributed by atoms with Gasteiger partial charge in [0.05, 0.1) is 5.71 Å². The van der Waals surface area contributed by atoms with Crippen molar-refractivity contribution in [3.8, 4) is 0 Å². The summed E-state index contributed by atoms with van der Waals surface area (Å²) in [6, 6.07) is 0. The van der Waals surface area contributed by atoms with E-state index in [2.05, 4.69) is 5.16 Å². The number of Topliss-reactive ketones (excluding diaryl/α,β-unsaturated/α-hetero) is 1. The van der Waals surface area contributed by atoms with Crippen molar-refractivity contribution in [3.63, 3.8) is 0 Å². The number of ketones is 1. The maximum atomic E-state index is 11.2. The van der Waals surface area contributed by atoms with E-state index >= 15 is 0 Å². The molecule has 1 N–H and O–H groups in total. The molecule has 1 saturated carbocycles. The number of nitrogens with zero attached hydrogens (tertiary/aromatic N) is 1. The van der Waals surface area contributed by atoms with Crippen LogP contribution in [0.5, 0.6) is 0 Å². The number of oxime groups is 1. The molecular weight excluding hydrogens is 166 g/mol. The van der Waals surface area contributed by atoms with E-state index in [1.807, 2.05) is 0 Å². The second-order valence-electron chi connectivity index (χ2n) is 3.62. The summed E-state index contributed by atoms with van der Waals surface area (Å²) in [5, 5.41) is 11.9. The topological polar surface area (TPSA) is 49.7 Å². The third-order valence-electron chi connectivity index (χ3n) is 2.48. The zero-order valence-corrected chi connectivity index (χ0v) is 7.96. The Morgan fingerprint density at radius 2 is 1.38 bits per heavy atom. The van der Waals surface area contributed by atoms with E-state index in [0.717, 1.165) is 44.2 Å². The molecule has 1 aliphatic rings. The molecule has 74 valence electrons. The van der Waals surface area contributed by atoms with Gasteiger partial charge in [0.2, 0.25) is 0 Å². The molecule has 0 spiro atoms. The highest BCUT2D eigenvalue weighted by Gasteiger charge is 2.07. The zero-order chi connectivity index (χ0) is 9.52. The highest BCUT2D eigenvalue weighted by molar-refractivity contribution is 5.84. The lowest BCUT2D eigenvalue weighted by atomic mass is 9.99. The van der Waals surface area contributed by atoms with Gasteiger partial charge in [0.15, 0.2) is 0 Å². The van der Waals surface area contributed by atoms with Gasteiger partial charge in [0.25, 0.3) is 0 Å². The second-order valence-corrected chi connectivity index (χ2v) is 3.62.